The van der Waals surface area contributed by atoms with E-state index < -0.39 is 22.8 Å². The van der Waals surface area contributed by atoms with Crippen molar-refractivity contribution in [1.82, 2.24) is 9.55 Å². The van der Waals surface area contributed by atoms with Gasteiger partial charge in [-0.1, -0.05) is 30.8 Å². The maximum atomic E-state index is 13.4. The molecule has 0 spiro atoms. The van der Waals surface area contributed by atoms with Gasteiger partial charge >= 0.3 is 0 Å². The number of para-hydroxylation sites is 1. The molecule has 0 bridgehead atoms. The predicted molar refractivity (Wildman–Crippen MR) is 111 cm³/mol. The first-order chi connectivity index (χ1) is 13.8. The molecular weight excluding hydrogens is 396 g/mol. The van der Waals surface area contributed by atoms with Gasteiger partial charge in [0, 0.05) is 17.8 Å². The van der Waals surface area contributed by atoms with Crippen LogP contribution in [-0.4, -0.2) is 20.7 Å². The highest BCUT2D eigenvalue weighted by Gasteiger charge is 2.21. The van der Waals surface area contributed by atoms with Crippen LogP contribution in [0.25, 0.3) is 10.9 Å². The van der Waals surface area contributed by atoms with E-state index in [-0.39, 0.29) is 17.3 Å². The summed E-state index contributed by atoms with van der Waals surface area (Å²) >= 11 is 1.15. The van der Waals surface area contributed by atoms with Crippen molar-refractivity contribution < 1.29 is 13.6 Å². The summed E-state index contributed by atoms with van der Waals surface area (Å²) in [5.74, 6) is -2.42. The van der Waals surface area contributed by atoms with Crippen LogP contribution in [0, 0.1) is 11.6 Å². The first-order valence-electron chi connectivity index (χ1n) is 9.25. The second-order valence-electron chi connectivity index (χ2n) is 6.72. The van der Waals surface area contributed by atoms with Gasteiger partial charge < -0.3 is 5.32 Å². The summed E-state index contributed by atoms with van der Waals surface area (Å²) < 4.78 is 28.0. The van der Waals surface area contributed by atoms with Crippen LogP contribution in [0.2, 0.25) is 0 Å². The third-order valence-corrected chi connectivity index (χ3v) is 5.71. The molecule has 3 rings (SSSR count). The summed E-state index contributed by atoms with van der Waals surface area (Å²) in [5, 5.41) is 2.91. The van der Waals surface area contributed by atoms with Crippen LogP contribution in [0.3, 0.4) is 0 Å². The Labute approximate surface area is 171 Å². The number of halogens is 2. The topological polar surface area (TPSA) is 64.0 Å². The summed E-state index contributed by atoms with van der Waals surface area (Å²) in [4.78, 5) is 30.1. The molecule has 0 saturated heterocycles. The second kappa shape index (κ2) is 8.73. The molecule has 0 saturated carbocycles. The van der Waals surface area contributed by atoms with Crippen LogP contribution in [0.5, 0.6) is 0 Å². The van der Waals surface area contributed by atoms with E-state index in [0.717, 1.165) is 30.3 Å². The van der Waals surface area contributed by atoms with Gasteiger partial charge in [-0.05, 0) is 44.5 Å². The summed E-state index contributed by atoms with van der Waals surface area (Å²) in [6.07, 6.45) is 0.725. The normalized spacial score (nSPS) is 13.3. The molecular formula is C21H21F2N3O2S. The van der Waals surface area contributed by atoms with Crippen molar-refractivity contribution in [2.45, 2.75) is 43.6 Å². The maximum Gasteiger partial charge on any atom is 0.262 e. The van der Waals surface area contributed by atoms with E-state index in [0.29, 0.717) is 16.1 Å². The third-order valence-electron chi connectivity index (χ3n) is 4.65. The second-order valence-corrected chi connectivity index (χ2v) is 8.03. The molecule has 1 N–H and O–H groups in total. The van der Waals surface area contributed by atoms with E-state index in [4.69, 9.17) is 0 Å². The number of thioether (sulfide) groups is 1. The molecule has 0 fully saturated rings. The van der Waals surface area contributed by atoms with Crippen molar-refractivity contribution in [3.63, 3.8) is 0 Å². The number of aromatic nitrogens is 2. The molecule has 0 aliphatic carbocycles. The summed E-state index contributed by atoms with van der Waals surface area (Å²) in [6, 6.07) is 10.2. The van der Waals surface area contributed by atoms with Gasteiger partial charge in [0.1, 0.15) is 0 Å². The number of carbonyl (C=O) groups is 1. The van der Waals surface area contributed by atoms with Crippen molar-refractivity contribution in [1.29, 1.82) is 0 Å². The molecule has 29 heavy (non-hydrogen) atoms. The number of hydrogen-bond donors (Lipinski definition) is 1. The molecule has 8 heteroatoms. The lowest BCUT2D eigenvalue weighted by Crippen LogP contribution is -2.28. The first-order valence-corrected chi connectivity index (χ1v) is 10.1. The SMILES string of the molecule is CC[C@@H](C)n1c(S[C@@H](C)C(=O)Nc2ccc(F)c(F)c2)nc2ccccc2c1=O. The Morgan fingerprint density at radius 2 is 1.90 bits per heavy atom. The molecule has 0 aliphatic rings. The van der Waals surface area contributed by atoms with Crippen molar-refractivity contribution in [3.8, 4) is 0 Å². The minimum Gasteiger partial charge on any atom is -0.325 e. The molecule has 0 radical (unpaired) electrons. The molecule has 5 nitrogen and oxygen atoms in total. The fourth-order valence-corrected chi connectivity index (χ4v) is 3.82. The molecule has 2 atom stereocenters. The van der Waals surface area contributed by atoms with Crippen molar-refractivity contribution >= 4 is 34.3 Å². The van der Waals surface area contributed by atoms with E-state index >= 15 is 0 Å². The summed E-state index contributed by atoms with van der Waals surface area (Å²) in [5.41, 5.74) is 0.570. The van der Waals surface area contributed by atoms with Gasteiger partial charge in [-0.3, -0.25) is 14.2 Å². The lowest BCUT2D eigenvalue weighted by atomic mass is 10.2. The number of nitrogens with one attached hydrogen (secondary N) is 1. The highest BCUT2D eigenvalue weighted by Crippen LogP contribution is 2.26. The van der Waals surface area contributed by atoms with E-state index in [2.05, 4.69) is 10.3 Å². The van der Waals surface area contributed by atoms with Gasteiger partial charge in [-0.2, -0.15) is 0 Å². The number of fused-ring (bicyclic) bond motifs is 1. The van der Waals surface area contributed by atoms with E-state index in [1.165, 1.54) is 6.07 Å². The van der Waals surface area contributed by atoms with Gasteiger partial charge in [-0.15, -0.1) is 0 Å². The molecule has 3 aromatic rings. The number of benzene rings is 2. The summed E-state index contributed by atoms with van der Waals surface area (Å²) in [6.45, 7) is 5.57. The van der Waals surface area contributed by atoms with Crippen LogP contribution in [0.15, 0.2) is 52.4 Å². The average molecular weight is 417 g/mol. The standard InChI is InChI=1S/C21H21F2N3O2S/c1-4-12(2)26-20(28)15-7-5-6-8-18(15)25-21(26)29-13(3)19(27)24-14-9-10-16(22)17(23)11-14/h5-13H,4H2,1-3H3,(H,24,27)/t12-,13+/m1/s1. The molecule has 1 heterocycles. The third kappa shape index (κ3) is 4.48. The predicted octanol–water partition coefficient (Wildman–Crippen LogP) is 4.77. The van der Waals surface area contributed by atoms with Crippen molar-refractivity contribution in [3.05, 3.63) is 64.5 Å². The Hall–Kier alpha value is -2.74. The van der Waals surface area contributed by atoms with E-state index in [1.54, 1.807) is 35.8 Å². The number of nitrogens with zero attached hydrogens (tertiary/aromatic N) is 2. The monoisotopic (exact) mass is 417 g/mol. The lowest BCUT2D eigenvalue weighted by Gasteiger charge is -2.20. The van der Waals surface area contributed by atoms with Gasteiger partial charge in [0.2, 0.25) is 5.91 Å². The number of anilines is 1. The van der Waals surface area contributed by atoms with Crippen LogP contribution in [-0.2, 0) is 4.79 Å². The number of hydrogen-bond acceptors (Lipinski definition) is 4. The quantitative estimate of drug-likeness (QED) is 0.464. The highest BCUT2D eigenvalue weighted by molar-refractivity contribution is 8.00. The number of carbonyl (C=O) groups excluding carboxylic acids is 1. The lowest BCUT2D eigenvalue weighted by molar-refractivity contribution is -0.115. The van der Waals surface area contributed by atoms with Gasteiger partial charge in [0.15, 0.2) is 16.8 Å². The number of rotatable bonds is 6. The Balaban J connectivity index is 1.90. The van der Waals surface area contributed by atoms with E-state index in [9.17, 15) is 18.4 Å². The fraction of sp³-hybridized carbons (Fsp3) is 0.286. The van der Waals surface area contributed by atoms with Gasteiger partial charge in [0.25, 0.3) is 5.56 Å². The van der Waals surface area contributed by atoms with Gasteiger partial charge in [-0.25, -0.2) is 13.8 Å². The number of amides is 1. The van der Waals surface area contributed by atoms with Crippen molar-refractivity contribution in [2.24, 2.45) is 0 Å². The Morgan fingerprint density at radius 1 is 1.17 bits per heavy atom. The van der Waals surface area contributed by atoms with Crippen LogP contribution in [0.4, 0.5) is 14.5 Å². The zero-order valence-corrected chi connectivity index (χ0v) is 17.1. The van der Waals surface area contributed by atoms with Crippen LogP contribution >= 0.6 is 11.8 Å². The Morgan fingerprint density at radius 3 is 2.59 bits per heavy atom. The fourth-order valence-electron chi connectivity index (χ4n) is 2.81. The average Bonchev–Trinajstić information content (AvgIpc) is 2.70. The molecule has 0 unspecified atom stereocenters. The maximum absolute atomic E-state index is 13.4. The minimum absolute atomic E-state index is 0.0939. The summed E-state index contributed by atoms with van der Waals surface area (Å²) in [7, 11) is 0. The van der Waals surface area contributed by atoms with Gasteiger partial charge in [0.05, 0.1) is 16.2 Å². The smallest absolute Gasteiger partial charge is 0.262 e. The Bertz CT molecular complexity index is 1120. The molecule has 1 aromatic heterocycles. The molecule has 152 valence electrons. The molecule has 0 aliphatic heterocycles. The Kier molecular flexibility index (Phi) is 6.32. The van der Waals surface area contributed by atoms with Crippen molar-refractivity contribution in [2.75, 3.05) is 5.32 Å². The zero-order chi connectivity index (χ0) is 21.1. The molecule has 2 aromatic carbocycles. The zero-order valence-electron chi connectivity index (χ0n) is 16.3. The minimum atomic E-state index is -1.04. The van der Waals surface area contributed by atoms with Crippen LogP contribution in [0.1, 0.15) is 33.2 Å². The largest absolute Gasteiger partial charge is 0.325 e. The highest BCUT2D eigenvalue weighted by atomic mass is 32.2. The first kappa shape index (κ1) is 21.0. The van der Waals surface area contributed by atoms with Crippen LogP contribution < -0.4 is 10.9 Å². The van der Waals surface area contributed by atoms with E-state index in [1.807, 2.05) is 13.8 Å². The molecule has 1 amide bonds.